The molecule has 4 rings (SSSR count). The van der Waals surface area contributed by atoms with Crippen LogP contribution in [-0.4, -0.2) is 22.5 Å². The molecule has 0 saturated carbocycles. The van der Waals surface area contributed by atoms with Crippen LogP contribution >= 0.6 is 11.6 Å². The van der Waals surface area contributed by atoms with Gasteiger partial charge in [0.05, 0.1) is 26.8 Å². The Morgan fingerprint density at radius 1 is 0.909 bits per heavy atom. The maximum absolute atomic E-state index is 12.9. The molecule has 168 valence electrons. The summed E-state index contributed by atoms with van der Waals surface area (Å²) < 4.78 is 11.3. The lowest BCUT2D eigenvalue weighted by molar-refractivity contribution is -0.384. The first-order chi connectivity index (χ1) is 15.6. The Balaban J connectivity index is 1.53. The lowest BCUT2D eigenvalue weighted by Crippen LogP contribution is -2.29. The smallest absolute Gasteiger partial charge is 0.270 e. The molecule has 1 aliphatic heterocycles. The third-order valence-electron chi connectivity index (χ3n) is 4.74. The summed E-state index contributed by atoms with van der Waals surface area (Å²) in [5, 5.41) is 16.2. The summed E-state index contributed by atoms with van der Waals surface area (Å²) in [6, 6.07) is 15.0. The molecule has 33 heavy (non-hydrogen) atoms. The maximum atomic E-state index is 12.9. The monoisotopic (exact) mass is 467 g/mol. The van der Waals surface area contributed by atoms with Gasteiger partial charge in [-0.3, -0.25) is 19.7 Å². The summed E-state index contributed by atoms with van der Waals surface area (Å²) in [4.78, 5) is 35.9. The van der Waals surface area contributed by atoms with Crippen LogP contribution in [0.25, 0.3) is 0 Å². The maximum Gasteiger partial charge on any atom is 0.270 e. The summed E-state index contributed by atoms with van der Waals surface area (Å²) in [5.74, 6) is -0.779. The van der Waals surface area contributed by atoms with Crippen LogP contribution in [0.1, 0.15) is 34.6 Å². The second kappa shape index (κ2) is 8.44. The molecule has 2 amide bonds. The molecule has 0 aromatic heterocycles. The number of nitrogens with zero attached hydrogens (tertiary/aromatic N) is 1. The van der Waals surface area contributed by atoms with Crippen molar-refractivity contribution in [2.75, 3.05) is 10.6 Å². The third kappa shape index (κ3) is 4.73. The minimum Gasteiger partial charge on any atom is -0.449 e. The summed E-state index contributed by atoms with van der Waals surface area (Å²) in [6.07, 6.45) is 0. The first-order valence-electron chi connectivity index (χ1n) is 9.81. The number of hydrogen-bond donors (Lipinski definition) is 2. The molecule has 10 heteroatoms. The molecule has 1 aliphatic rings. The Kier molecular flexibility index (Phi) is 5.65. The number of rotatable bonds is 5. The quantitative estimate of drug-likeness (QED) is 0.390. The number of hydrogen-bond acceptors (Lipinski definition) is 6. The molecule has 9 nitrogen and oxygen atoms in total. The number of carbonyl (C=O) groups excluding carboxylic acids is 2. The van der Waals surface area contributed by atoms with Gasteiger partial charge in [-0.05, 0) is 30.3 Å². The number of non-ortho nitro benzene ring substituents is 1. The number of ether oxygens (including phenoxy) is 2. The molecule has 0 radical (unpaired) electrons. The van der Waals surface area contributed by atoms with E-state index in [1.807, 2.05) is 0 Å². The van der Waals surface area contributed by atoms with Crippen LogP contribution in [-0.2, 0) is 0 Å². The molecule has 0 spiro atoms. The highest BCUT2D eigenvalue weighted by molar-refractivity contribution is 6.34. The fourth-order valence-corrected chi connectivity index (χ4v) is 3.54. The number of amides is 2. The summed E-state index contributed by atoms with van der Waals surface area (Å²) in [7, 11) is 0. The average molecular weight is 468 g/mol. The molecule has 0 bridgehead atoms. The number of nitro groups is 1. The Morgan fingerprint density at radius 2 is 1.61 bits per heavy atom. The van der Waals surface area contributed by atoms with Crippen molar-refractivity contribution in [2.24, 2.45) is 0 Å². The molecule has 0 saturated heterocycles. The summed E-state index contributed by atoms with van der Waals surface area (Å²) >= 11 is 6.04. The fourth-order valence-electron chi connectivity index (χ4n) is 3.28. The van der Waals surface area contributed by atoms with Gasteiger partial charge in [0.25, 0.3) is 17.5 Å². The van der Waals surface area contributed by atoms with Crippen molar-refractivity contribution in [1.29, 1.82) is 0 Å². The van der Waals surface area contributed by atoms with Gasteiger partial charge in [-0.2, -0.15) is 0 Å². The number of nitro benzene ring substituents is 1. The van der Waals surface area contributed by atoms with E-state index in [-0.39, 0.29) is 27.5 Å². The van der Waals surface area contributed by atoms with Gasteiger partial charge in [-0.1, -0.05) is 23.7 Å². The highest BCUT2D eigenvalue weighted by Gasteiger charge is 2.31. The zero-order valence-electron chi connectivity index (χ0n) is 17.5. The Morgan fingerprint density at radius 3 is 2.33 bits per heavy atom. The molecule has 2 N–H and O–H groups in total. The fraction of sp³-hybridized carbons (Fsp3) is 0.130. The first-order valence-corrected chi connectivity index (χ1v) is 10.2. The minimum atomic E-state index is -0.791. The predicted octanol–water partition coefficient (Wildman–Crippen LogP) is 5.26. The zero-order valence-corrected chi connectivity index (χ0v) is 18.3. The first kappa shape index (κ1) is 22.1. The van der Waals surface area contributed by atoms with Crippen molar-refractivity contribution in [1.82, 2.24) is 0 Å². The second-order valence-corrected chi connectivity index (χ2v) is 8.05. The summed E-state index contributed by atoms with van der Waals surface area (Å²) in [6.45, 7) is 3.56. The molecular weight excluding hydrogens is 450 g/mol. The normalized spacial score (nSPS) is 13.3. The van der Waals surface area contributed by atoms with Crippen molar-refractivity contribution in [2.45, 2.75) is 19.6 Å². The van der Waals surface area contributed by atoms with Crippen molar-refractivity contribution in [3.8, 4) is 11.5 Å². The number of para-hydroxylation sites is 1. The average Bonchev–Trinajstić information content (AvgIpc) is 3.06. The molecule has 3 aromatic rings. The van der Waals surface area contributed by atoms with E-state index in [2.05, 4.69) is 10.6 Å². The Bertz CT molecular complexity index is 1290. The van der Waals surface area contributed by atoms with Crippen molar-refractivity contribution in [3.63, 3.8) is 0 Å². The van der Waals surface area contributed by atoms with Crippen LogP contribution in [0.4, 0.5) is 17.1 Å². The van der Waals surface area contributed by atoms with Crippen LogP contribution < -0.4 is 20.1 Å². The number of nitrogens with one attached hydrogen (secondary N) is 2. The van der Waals surface area contributed by atoms with E-state index < -0.39 is 22.5 Å². The van der Waals surface area contributed by atoms with Gasteiger partial charge in [-0.15, -0.1) is 0 Å². The molecule has 1 heterocycles. The van der Waals surface area contributed by atoms with Crippen molar-refractivity contribution < 1.29 is 24.0 Å². The SMILES string of the molecule is CC1(C)Oc2ccc(NC(=O)c3ccccc3NC(=O)c3ccc([N+](=O)[O-])cc3Cl)cc2O1. The largest absolute Gasteiger partial charge is 0.449 e. The number of fused-ring (bicyclic) bond motifs is 1. The van der Waals surface area contributed by atoms with E-state index in [9.17, 15) is 19.7 Å². The third-order valence-corrected chi connectivity index (χ3v) is 5.05. The molecule has 3 aromatic carbocycles. The van der Waals surface area contributed by atoms with E-state index in [1.165, 1.54) is 12.1 Å². The van der Waals surface area contributed by atoms with Crippen LogP contribution in [0, 0.1) is 10.1 Å². The van der Waals surface area contributed by atoms with E-state index in [0.29, 0.717) is 17.2 Å². The highest BCUT2D eigenvalue weighted by atomic mass is 35.5. The van der Waals surface area contributed by atoms with Gasteiger partial charge >= 0.3 is 0 Å². The standard InChI is InChI=1S/C23H18ClN3O6/c1-23(2)32-19-10-7-13(11-20(19)33-23)25-22(29)16-5-3-4-6-18(16)26-21(28)15-9-8-14(27(30)31)12-17(15)24/h3-12H,1-2H3,(H,25,29)(H,26,28). The Labute approximate surface area is 193 Å². The van der Waals surface area contributed by atoms with Gasteiger partial charge in [0, 0.05) is 37.7 Å². The van der Waals surface area contributed by atoms with E-state index in [4.69, 9.17) is 21.1 Å². The van der Waals surface area contributed by atoms with Gasteiger partial charge in [0.15, 0.2) is 11.5 Å². The molecular formula is C23H18ClN3O6. The van der Waals surface area contributed by atoms with Gasteiger partial charge in [0.2, 0.25) is 5.79 Å². The van der Waals surface area contributed by atoms with Crippen molar-refractivity contribution >= 4 is 40.5 Å². The van der Waals surface area contributed by atoms with E-state index in [1.54, 1.807) is 56.3 Å². The number of carbonyl (C=O) groups is 2. The lowest BCUT2D eigenvalue weighted by Gasteiger charge is -2.16. The van der Waals surface area contributed by atoms with E-state index in [0.717, 1.165) is 6.07 Å². The van der Waals surface area contributed by atoms with Crippen molar-refractivity contribution in [3.05, 3.63) is 86.9 Å². The Hall–Kier alpha value is -4.11. The lowest BCUT2D eigenvalue weighted by atomic mass is 10.1. The van der Waals surface area contributed by atoms with Crippen LogP contribution in [0.15, 0.2) is 60.7 Å². The second-order valence-electron chi connectivity index (χ2n) is 7.64. The zero-order chi connectivity index (χ0) is 23.8. The highest BCUT2D eigenvalue weighted by Crippen LogP contribution is 2.40. The van der Waals surface area contributed by atoms with E-state index >= 15 is 0 Å². The van der Waals surface area contributed by atoms with Gasteiger partial charge < -0.3 is 20.1 Å². The number of benzene rings is 3. The van der Waals surface area contributed by atoms with Gasteiger partial charge in [-0.25, -0.2) is 0 Å². The topological polar surface area (TPSA) is 120 Å². The molecule has 0 atom stereocenters. The van der Waals surface area contributed by atoms with Crippen LogP contribution in [0.5, 0.6) is 11.5 Å². The van der Waals surface area contributed by atoms with Crippen LogP contribution in [0.3, 0.4) is 0 Å². The number of halogens is 1. The molecule has 0 fully saturated rings. The van der Waals surface area contributed by atoms with Gasteiger partial charge in [0.1, 0.15) is 0 Å². The minimum absolute atomic E-state index is 0.0378. The molecule has 0 aliphatic carbocycles. The van der Waals surface area contributed by atoms with Crippen LogP contribution in [0.2, 0.25) is 5.02 Å². The predicted molar refractivity (Wildman–Crippen MR) is 122 cm³/mol. The molecule has 0 unspecified atom stereocenters. The summed E-state index contributed by atoms with van der Waals surface area (Å²) in [5.41, 5.74) is 0.747. The number of anilines is 2.